The highest BCUT2D eigenvalue weighted by atomic mass is 16.5. The molecule has 0 unspecified atom stereocenters. The zero-order chi connectivity index (χ0) is 28.5. The minimum atomic E-state index is -1.25. The van der Waals surface area contributed by atoms with Crippen LogP contribution in [0.5, 0.6) is 46.0 Å². The summed E-state index contributed by atoms with van der Waals surface area (Å²) in [7, 11) is 0. The Bertz CT molecular complexity index is 1750. The Morgan fingerprint density at radius 2 is 1.15 bits per heavy atom. The summed E-state index contributed by atoms with van der Waals surface area (Å²) in [6.45, 7) is 0. The van der Waals surface area contributed by atoms with E-state index in [0.29, 0.717) is 0 Å². The predicted octanol–water partition coefficient (Wildman–Crippen LogP) is 2.51. The molecule has 0 aromatic heterocycles. The molecule has 0 spiro atoms. The molecule has 0 saturated heterocycles. The molecule has 2 aliphatic rings. The SMILES string of the molecule is O=c1cc([C@H]2Oc3cc(O)cc(O)c3C[C@H]2O)cc2c([C@H]3Oc4cc(O)cc(O)c4C[C@H]3O)cc(O)c(O)c2c1. The molecule has 206 valence electrons. The van der Waals surface area contributed by atoms with Gasteiger partial charge in [-0.1, -0.05) is 0 Å². The van der Waals surface area contributed by atoms with E-state index in [4.69, 9.17) is 9.47 Å². The zero-order valence-corrected chi connectivity index (χ0v) is 20.6. The number of aliphatic hydroxyl groups excluding tert-OH is 2. The number of aromatic hydroxyl groups is 6. The van der Waals surface area contributed by atoms with Gasteiger partial charge in [-0.25, -0.2) is 0 Å². The summed E-state index contributed by atoms with van der Waals surface area (Å²) in [6.07, 6.45) is -4.88. The third-order valence-electron chi connectivity index (χ3n) is 7.31. The van der Waals surface area contributed by atoms with Crippen LogP contribution < -0.4 is 14.9 Å². The Kier molecular flexibility index (Phi) is 5.79. The molecule has 0 aliphatic carbocycles. The molecular weight excluding hydrogens is 524 g/mol. The van der Waals surface area contributed by atoms with E-state index in [2.05, 4.69) is 0 Å². The number of phenols is 6. The van der Waals surface area contributed by atoms with Gasteiger partial charge in [0.1, 0.15) is 40.6 Å². The van der Waals surface area contributed by atoms with Gasteiger partial charge in [-0.2, -0.15) is 0 Å². The number of aliphatic hydroxyl groups is 2. The van der Waals surface area contributed by atoms with E-state index in [9.17, 15) is 45.6 Å². The van der Waals surface area contributed by atoms with E-state index >= 15 is 0 Å². The maximum absolute atomic E-state index is 12.9. The Morgan fingerprint density at radius 1 is 0.600 bits per heavy atom. The molecule has 4 atom stereocenters. The molecule has 0 fully saturated rings. The Hall–Kier alpha value is -4.87. The van der Waals surface area contributed by atoms with E-state index in [0.717, 1.165) is 18.2 Å². The van der Waals surface area contributed by atoms with Crippen LogP contribution in [0, 0.1) is 0 Å². The largest absolute Gasteiger partial charge is 0.508 e. The summed E-state index contributed by atoms with van der Waals surface area (Å²) < 4.78 is 11.9. The second-order valence-corrected chi connectivity index (χ2v) is 10.00. The van der Waals surface area contributed by atoms with Crippen LogP contribution in [0.1, 0.15) is 34.5 Å². The van der Waals surface area contributed by atoms with E-state index in [1.807, 2.05) is 0 Å². The lowest BCUT2D eigenvalue weighted by Crippen LogP contribution is -2.31. The number of fused-ring (bicyclic) bond motifs is 3. The molecule has 8 N–H and O–H groups in total. The van der Waals surface area contributed by atoms with Gasteiger partial charge in [0.15, 0.2) is 23.0 Å². The van der Waals surface area contributed by atoms with Crippen LogP contribution in [-0.2, 0) is 12.8 Å². The average molecular weight is 549 g/mol. The number of rotatable bonds is 2. The zero-order valence-electron chi connectivity index (χ0n) is 20.6. The third kappa shape index (κ3) is 4.12. The summed E-state index contributed by atoms with van der Waals surface area (Å²) in [4.78, 5) is 12.9. The lowest BCUT2D eigenvalue weighted by molar-refractivity contribution is 0.0194. The Balaban J connectivity index is 1.53. The lowest BCUT2D eigenvalue weighted by Gasteiger charge is -2.32. The molecule has 0 radical (unpaired) electrons. The van der Waals surface area contributed by atoms with Crippen molar-refractivity contribution in [2.45, 2.75) is 37.3 Å². The van der Waals surface area contributed by atoms with Crippen LogP contribution in [0.15, 0.2) is 53.3 Å². The van der Waals surface area contributed by atoms with Crippen LogP contribution >= 0.6 is 0 Å². The number of ether oxygens (including phenoxy) is 2. The van der Waals surface area contributed by atoms with Crippen molar-refractivity contribution in [1.82, 2.24) is 0 Å². The molecule has 0 amide bonds. The maximum atomic E-state index is 12.9. The molecular formula is C29H24O11. The summed E-state index contributed by atoms with van der Waals surface area (Å²) in [5.41, 5.74) is 0.298. The van der Waals surface area contributed by atoms with Gasteiger partial charge in [0.05, 0.1) is 12.2 Å². The van der Waals surface area contributed by atoms with E-state index < -0.39 is 41.3 Å². The average Bonchev–Trinajstić information content (AvgIpc) is 3.05. The quantitative estimate of drug-likeness (QED) is 0.171. The number of benzene rings is 3. The van der Waals surface area contributed by atoms with Crippen molar-refractivity contribution in [2.75, 3.05) is 0 Å². The molecule has 4 aromatic rings. The van der Waals surface area contributed by atoms with Crippen molar-refractivity contribution < 1.29 is 50.3 Å². The fourth-order valence-electron chi connectivity index (χ4n) is 5.46. The van der Waals surface area contributed by atoms with Crippen molar-refractivity contribution >= 4 is 10.8 Å². The highest BCUT2D eigenvalue weighted by Crippen LogP contribution is 2.47. The second kappa shape index (κ2) is 9.11. The molecule has 11 heteroatoms. The van der Waals surface area contributed by atoms with Crippen LogP contribution in [0.2, 0.25) is 0 Å². The number of hydrogen-bond donors (Lipinski definition) is 8. The normalized spacial score (nSPS) is 21.6. The first-order valence-corrected chi connectivity index (χ1v) is 12.3. The van der Waals surface area contributed by atoms with Gasteiger partial charge in [0.25, 0.3) is 0 Å². The second-order valence-electron chi connectivity index (χ2n) is 10.00. The topological polar surface area (TPSA) is 197 Å². The summed E-state index contributed by atoms with van der Waals surface area (Å²) in [5.74, 6) is -2.02. The van der Waals surface area contributed by atoms with Crippen molar-refractivity contribution in [2.24, 2.45) is 0 Å². The van der Waals surface area contributed by atoms with Gasteiger partial charge >= 0.3 is 0 Å². The highest BCUT2D eigenvalue weighted by Gasteiger charge is 2.36. The van der Waals surface area contributed by atoms with Gasteiger partial charge in [-0.05, 0) is 35.2 Å². The molecule has 0 saturated carbocycles. The van der Waals surface area contributed by atoms with E-state index in [1.165, 1.54) is 30.3 Å². The fourth-order valence-corrected chi connectivity index (χ4v) is 5.46. The Morgan fingerprint density at radius 3 is 1.75 bits per heavy atom. The molecule has 0 bridgehead atoms. The first-order valence-electron chi connectivity index (χ1n) is 12.3. The first-order chi connectivity index (χ1) is 19.0. The minimum absolute atomic E-state index is 0.0516. The van der Waals surface area contributed by atoms with Gasteiger partial charge in [0.2, 0.25) is 0 Å². The van der Waals surface area contributed by atoms with Crippen molar-refractivity contribution in [1.29, 1.82) is 0 Å². The molecule has 40 heavy (non-hydrogen) atoms. The van der Waals surface area contributed by atoms with Gasteiger partial charge in [-0.3, -0.25) is 4.79 Å². The van der Waals surface area contributed by atoms with Gasteiger partial charge in [-0.15, -0.1) is 0 Å². The van der Waals surface area contributed by atoms with Crippen LogP contribution in [0.25, 0.3) is 10.8 Å². The molecule has 11 nitrogen and oxygen atoms in total. The molecule has 2 heterocycles. The van der Waals surface area contributed by atoms with Crippen LogP contribution in [0.3, 0.4) is 0 Å². The van der Waals surface area contributed by atoms with Crippen LogP contribution in [0.4, 0.5) is 0 Å². The Labute approximate surface area is 225 Å². The maximum Gasteiger partial charge on any atom is 0.179 e. The minimum Gasteiger partial charge on any atom is -0.508 e. The molecule has 4 aromatic carbocycles. The summed E-state index contributed by atoms with van der Waals surface area (Å²) in [6, 6.07) is 9.68. The summed E-state index contributed by atoms with van der Waals surface area (Å²) >= 11 is 0. The fraction of sp³-hybridized carbons (Fsp3) is 0.207. The van der Waals surface area contributed by atoms with Gasteiger partial charge in [0, 0.05) is 59.2 Å². The standard InChI is InChI=1S/C29H24O11/c30-12-1-11(28-23(36)9-18-20(33)4-13(31)6-25(18)39-28)2-15-16(3-12)27(38)22(35)8-17(15)29-24(37)10-19-21(34)5-14(32)7-26(19)40-29/h1-8,23-24,28-29,31-38H,9-10H2/t23-,24-,28-,29-/m1/s1. The monoisotopic (exact) mass is 548 g/mol. The van der Waals surface area contributed by atoms with E-state index in [1.54, 1.807) is 0 Å². The summed E-state index contributed by atoms with van der Waals surface area (Å²) in [5, 5.41) is 83.5. The molecule has 2 aliphatic heterocycles. The molecule has 6 rings (SSSR count). The number of hydrogen-bond acceptors (Lipinski definition) is 11. The van der Waals surface area contributed by atoms with Crippen molar-refractivity contribution in [3.8, 4) is 46.0 Å². The third-order valence-corrected chi connectivity index (χ3v) is 7.31. The van der Waals surface area contributed by atoms with Crippen molar-refractivity contribution in [3.05, 3.63) is 81.0 Å². The lowest BCUT2D eigenvalue weighted by atomic mass is 9.90. The predicted molar refractivity (Wildman–Crippen MR) is 139 cm³/mol. The van der Waals surface area contributed by atoms with E-state index in [-0.39, 0.29) is 80.4 Å². The van der Waals surface area contributed by atoms with Crippen molar-refractivity contribution in [3.63, 3.8) is 0 Å². The van der Waals surface area contributed by atoms with Crippen LogP contribution in [-0.4, -0.2) is 53.1 Å². The highest BCUT2D eigenvalue weighted by molar-refractivity contribution is 5.93. The number of phenolic OH excluding ortho intramolecular Hbond substituents is 6. The van der Waals surface area contributed by atoms with Gasteiger partial charge < -0.3 is 50.3 Å². The first kappa shape index (κ1) is 25.4. The smallest absolute Gasteiger partial charge is 0.179 e.